The van der Waals surface area contributed by atoms with Crippen molar-refractivity contribution in [3.8, 4) is 0 Å². The van der Waals surface area contributed by atoms with Crippen molar-refractivity contribution >= 4 is 56.8 Å². The lowest BCUT2D eigenvalue weighted by Crippen LogP contribution is -2.47. The van der Waals surface area contributed by atoms with Gasteiger partial charge in [0.2, 0.25) is 21.8 Å². The van der Waals surface area contributed by atoms with Crippen LogP contribution in [0.1, 0.15) is 12.8 Å². The Morgan fingerprint density at radius 1 is 1.26 bits per heavy atom. The number of hydrogen-bond donors (Lipinski definition) is 2. The molecule has 0 heterocycles. The van der Waals surface area contributed by atoms with Crippen LogP contribution in [0, 0.1) is 0 Å². The van der Waals surface area contributed by atoms with E-state index in [9.17, 15) is 18.0 Å². The second-order valence-corrected chi connectivity index (χ2v) is 9.37. The minimum Gasteiger partial charge on any atom is -0.354 e. The number of rotatable bonds is 10. The summed E-state index contributed by atoms with van der Waals surface area (Å²) in [6.07, 6.45) is 2.26. The number of carbonyl (C=O) groups is 2. The van der Waals surface area contributed by atoms with Gasteiger partial charge in [0.05, 0.1) is 5.02 Å². The van der Waals surface area contributed by atoms with Crippen LogP contribution in [-0.2, 0) is 19.6 Å². The molecule has 1 unspecified atom stereocenters. The van der Waals surface area contributed by atoms with Crippen LogP contribution in [0.4, 0.5) is 0 Å². The van der Waals surface area contributed by atoms with E-state index in [1.807, 2.05) is 6.26 Å². The van der Waals surface area contributed by atoms with Crippen molar-refractivity contribution in [3.05, 3.63) is 28.2 Å². The van der Waals surface area contributed by atoms with E-state index in [1.54, 1.807) is 14.1 Å². The molecule has 1 aromatic rings. The summed E-state index contributed by atoms with van der Waals surface area (Å²) in [6, 6.07) is 3.09. The molecule has 0 bridgehead atoms. The molecule has 0 aromatic heterocycles. The second-order valence-electron chi connectivity index (χ2n) is 5.86. The van der Waals surface area contributed by atoms with Gasteiger partial charge >= 0.3 is 0 Å². The molecular weight excluding hydrogens is 433 g/mol. The molecule has 0 spiro atoms. The molecule has 0 radical (unpaired) electrons. The highest BCUT2D eigenvalue weighted by Crippen LogP contribution is 2.25. The average molecular weight is 456 g/mol. The van der Waals surface area contributed by atoms with Gasteiger partial charge in [0, 0.05) is 32.1 Å². The molecule has 0 aliphatic heterocycles. The van der Waals surface area contributed by atoms with Gasteiger partial charge in [-0.2, -0.15) is 16.5 Å². The van der Waals surface area contributed by atoms with E-state index in [4.69, 9.17) is 23.2 Å². The van der Waals surface area contributed by atoms with Crippen molar-refractivity contribution in [2.24, 2.45) is 0 Å². The minimum absolute atomic E-state index is 0.00695. The number of halogens is 2. The third-order valence-corrected chi connectivity index (χ3v) is 6.38. The summed E-state index contributed by atoms with van der Waals surface area (Å²) in [5, 5.41) is 2.82. The molecule has 2 N–H and O–H groups in total. The Morgan fingerprint density at radius 2 is 1.93 bits per heavy atom. The zero-order chi connectivity index (χ0) is 20.6. The van der Waals surface area contributed by atoms with Crippen molar-refractivity contribution < 1.29 is 18.0 Å². The Labute approximate surface area is 174 Å². The summed E-state index contributed by atoms with van der Waals surface area (Å²) in [4.78, 5) is 25.2. The van der Waals surface area contributed by atoms with Gasteiger partial charge in [-0.05, 0) is 36.6 Å². The highest BCUT2D eigenvalue weighted by molar-refractivity contribution is 7.98. The normalized spacial score (nSPS) is 12.5. The molecule has 0 aliphatic carbocycles. The van der Waals surface area contributed by atoms with Gasteiger partial charge in [-0.25, -0.2) is 8.42 Å². The van der Waals surface area contributed by atoms with E-state index in [0.717, 1.165) is 0 Å². The highest BCUT2D eigenvalue weighted by atomic mass is 35.5. The molecule has 0 aliphatic rings. The fourth-order valence-corrected chi connectivity index (χ4v) is 4.52. The van der Waals surface area contributed by atoms with Crippen LogP contribution in [0.15, 0.2) is 23.1 Å². The Kier molecular flexibility index (Phi) is 9.89. The quantitative estimate of drug-likeness (QED) is 0.562. The number of amides is 2. The van der Waals surface area contributed by atoms with E-state index >= 15 is 0 Å². The SMILES string of the molecule is CSCCC(NS(=O)(=O)c1cc(Cl)ccc1Cl)C(=O)NCCC(=O)N(C)C. The predicted octanol–water partition coefficient (Wildman–Crippen LogP) is 1.99. The van der Waals surface area contributed by atoms with Crippen molar-refractivity contribution in [2.45, 2.75) is 23.8 Å². The molecule has 7 nitrogen and oxygen atoms in total. The van der Waals surface area contributed by atoms with E-state index in [1.165, 1.54) is 34.9 Å². The summed E-state index contributed by atoms with van der Waals surface area (Å²) in [5.41, 5.74) is 0. The maximum Gasteiger partial charge on any atom is 0.242 e. The molecule has 11 heteroatoms. The summed E-state index contributed by atoms with van der Waals surface area (Å²) < 4.78 is 27.7. The number of thioether (sulfide) groups is 1. The third kappa shape index (κ3) is 7.87. The molecule has 27 heavy (non-hydrogen) atoms. The largest absolute Gasteiger partial charge is 0.354 e. The third-order valence-electron chi connectivity index (χ3n) is 3.54. The summed E-state index contributed by atoms with van der Waals surface area (Å²) >= 11 is 13.3. The Balaban J connectivity index is 2.88. The van der Waals surface area contributed by atoms with Gasteiger partial charge in [-0.15, -0.1) is 0 Å². The van der Waals surface area contributed by atoms with Crippen LogP contribution in [0.25, 0.3) is 0 Å². The van der Waals surface area contributed by atoms with Crippen molar-refractivity contribution in [2.75, 3.05) is 32.6 Å². The Morgan fingerprint density at radius 3 is 2.52 bits per heavy atom. The lowest BCUT2D eigenvalue weighted by atomic mass is 10.2. The van der Waals surface area contributed by atoms with Gasteiger partial charge in [0.1, 0.15) is 10.9 Å². The van der Waals surface area contributed by atoms with Crippen LogP contribution >= 0.6 is 35.0 Å². The van der Waals surface area contributed by atoms with Crippen LogP contribution in [0.3, 0.4) is 0 Å². The zero-order valence-corrected chi connectivity index (χ0v) is 18.4. The van der Waals surface area contributed by atoms with Crippen molar-refractivity contribution in [1.29, 1.82) is 0 Å². The highest BCUT2D eigenvalue weighted by Gasteiger charge is 2.27. The predicted molar refractivity (Wildman–Crippen MR) is 110 cm³/mol. The second kappa shape index (κ2) is 11.1. The topological polar surface area (TPSA) is 95.6 Å². The number of sulfonamides is 1. The van der Waals surface area contributed by atoms with Crippen molar-refractivity contribution in [1.82, 2.24) is 14.9 Å². The first-order valence-corrected chi connectivity index (χ1v) is 11.7. The number of hydrogen-bond acceptors (Lipinski definition) is 5. The molecular formula is C16H23Cl2N3O4S2. The number of nitrogens with one attached hydrogen (secondary N) is 2. The number of nitrogens with zero attached hydrogens (tertiary/aromatic N) is 1. The summed E-state index contributed by atoms with van der Waals surface area (Å²) in [5.74, 6) is -0.0693. The lowest BCUT2D eigenvalue weighted by Gasteiger charge is -2.19. The fourth-order valence-electron chi connectivity index (χ4n) is 2.05. The standard InChI is InChI=1S/C16H23Cl2N3O4S2/c1-21(2)15(22)6-8-19-16(23)13(7-9-26-3)20-27(24,25)14-10-11(17)4-5-12(14)18/h4-5,10,13,20H,6-9H2,1-3H3,(H,19,23). The van der Waals surface area contributed by atoms with E-state index in [2.05, 4.69) is 10.0 Å². The fraction of sp³-hybridized carbons (Fsp3) is 0.500. The lowest BCUT2D eigenvalue weighted by molar-refractivity contribution is -0.128. The molecule has 152 valence electrons. The molecule has 2 amide bonds. The first-order chi connectivity index (χ1) is 12.6. The van der Waals surface area contributed by atoms with Crippen molar-refractivity contribution in [3.63, 3.8) is 0 Å². The maximum absolute atomic E-state index is 12.7. The Hall–Kier alpha value is -1.00. The number of carbonyl (C=O) groups excluding carboxylic acids is 2. The molecule has 1 aromatic carbocycles. The first-order valence-electron chi connectivity index (χ1n) is 8.02. The van der Waals surface area contributed by atoms with Gasteiger partial charge in [-0.3, -0.25) is 9.59 Å². The van der Waals surface area contributed by atoms with Gasteiger partial charge in [-0.1, -0.05) is 23.2 Å². The van der Waals surface area contributed by atoms with Crippen LogP contribution in [0.5, 0.6) is 0 Å². The smallest absolute Gasteiger partial charge is 0.242 e. The molecule has 1 atom stereocenters. The van der Waals surface area contributed by atoms with Crippen LogP contribution < -0.4 is 10.0 Å². The molecule has 1 rings (SSSR count). The van der Waals surface area contributed by atoms with E-state index in [-0.39, 0.29) is 40.2 Å². The van der Waals surface area contributed by atoms with Crippen LogP contribution in [-0.4, -0.2) is 63.8 Å². The van der Waals surface area contributed by atoms with Gasteiger partial charge in [0.25, 0.3) is 0 Å². The Bertz CT molecular complexity index is 773. The van der Waals surface area contributed by atoms with Gasteiger partial charge in [0.15, 0.2) is 0 Å². The number of benzene rings is 1. The van der Waals surface area contributed by atoms with Crippen LogP contribution in [0.2, 0.25) is 10.0 Å². The first kappa shape index (κ1) is 24.0. The molecule has 0 fully saturated rings. The maximum atomic E-state index is 12.7. The van der Waals surface area contributed by atoms with E-state index < -0.39 is 22.0 Å². The summed E-state index contributed by atoms with van der Waals surface area (Å²) in [7, 11) is -0.816. The minimum atomic E-state index is -4.05. The molecule has 0 saturated heterocycles. The monoisotopic (exact) mass is 455 g/mol. The molecule has 0 saturated carbocycles. The average Bonchev–Trinajstić information content (AvgIpc) is 2.60. The van der Waals surface area contributed by atoms with E-state index in [0.29, 0.717) is 5.75 Å². The zero-order valence-electron chi connectivity index (χ0n) is 15.3. The van der Waals surface area contributed by atoms with Gasteiger partial charge < -0.3 is 10.2 Å². The summed E-state index contributed by atoms with van der Waals surface area (Å²) in [6.45, 7) is 0.116.